The van der Waals surface area contributed by atoms with Crippen molar-refractivity contribution in [3.8, 4) is 11.9 Å². The van der Waals surface area contributed by atoms with Gasteiger partial charge in [0.15, 0.2) is 17.3 Å². The van der Waals surface area contributed by atoms with E-state index in [0.717, 1.165) is 0 Å². The molecule has 4 aromatic heterocycles. The third kappa shape index (κ3) is 4.14. The highest BCUT2D eigenvalue weighted by atomic mass is 19.4. The summed E-state index contributed by atoms with van der Waals surface area (Å²) in [4.78, 5) is 8.16. The smallest absolute Gasteiger partial charge is 0.344 e. The summed E-state index contributed by atoms with van der Waals surface area (Å²) in [6.07, 6.45) is -7.13. The lowest BCUT2D eigenvalue weighted by Crippen LogP contribution is -2.17. The standard InChI is InChI=1S/C18H11F6N9/c1-9(14-27-8-28-33(14)13-3-2-10(5-25)6-26-13)29-16-31-30-15-12(18(22,23)24)4-11(7-32(15)16)17(19,20)21/h2-4,6-9H,1H3,(H,29,31). The Hall–Kier alpha value is -4.22. The molecule has 4 rings (SSSR count). The van der Waals surface area contributed by atoms with Crippen LogP contribution in [0.5, 0.6) is 0 Å². The molecule has 4 heterocycles. The molecule has 0 radical (unpaired) electrons. The molecule has 0 aliphatic rings. The number of hydrogen-bond donors (Lipinski definition) is 1. The molecule has 170 valence electrons. The fourth-order valence-corrected chi connectivity index (χ4v) is 3.01. The number of rotatable bonds is 4. The highest BCUT2D eigenvalue weighted by Gasteiger charge is 2.39. The van der Waals surface area contributed by atoms with E-state index in [1.807, 2.05) is 6.07 Å². The Labute approximate surface area is 180 Å². The van der Waals surface area contributed by atoms with Crippen molar-refractivity contribution in [3.05, 3.63) is 59.4 Å². The molecule has 1 unspecified atom stereocenters. The first kappa shape index (κ1) is 22.0. The van der Waals surface area contributed by atoms with Gasteiger partial charge in [0.1, 0.15) is 18.0 Å². The van der Waals surface area contributed by atoms with Crippen molar-refractivity contribution < 1.29 is 26.3 Å². The first-order valence-corrected chi connectivity index (χ1v) is 9.05. The minimum atomic E-state index is -5.08. The van der Waals surface area contributed by atoms with Gasteiger partial charge in [-0.05, 0) is 25.1 Å². The van der Waals surface area contributed by atoms with Crippen LogP contribution in [0.4, 0.5) is 32.3 Å². The lowest BCUT2D eigenvalue weighted by atomic mass is 10.2. The minimum Gasteiger partial charge on any atom is -0.344 e. The SMILES string of the molecule is CC(Nc1nnc2c(C(F)(F)F)cc(C(F)(F)F)cn12)c1ncnn1-c1ccc(C#N)cn1. The zero-order valence-electron chi connectivity index (χ0n) is 16.4. The number of nitrogens with one attached hydrogen (secondary N) is 1. The minimum absolute atomic E-state index is 0.00950. The first-order chi connectivity index (χ1) is 15.5. The van der Waals surface area contributed by atoms with E-state index in [1.165, 1.54) is 29.3 Å². The van der Waals surface area contributed by atoms with Gasteiger partial charge in [-0.15, -0.1) is 10.2 Å². The molecular weight excluding hydrogens is 456 g/mol. The van der Waals surface area contributed by atoms with Crippen molar-refractivity contribution in [2.45, 2.75) is 25.3 Å². The zero-order chi connectivity index (χ0) is 24.0. The number of aromatic nitrogens is 7. The normalized spacial score (nSPS) is 13.2. The molecule has 0 saturated heterocycles. The van der Waals surface area contributed by atoms with Crippen molar-refractivity contribution in [3.63, 3.8) is 0 Å². The number of anilines is 1. The number of nitrogens with zero attached hydrogens (tertiary/aromatic N) is 8. The van der Waals surface area contributed by atoms with Gasteiger partial charge in [0.05, 0.1) is 17.2 Å². The molecule has 0 aromatic carbocycles. The molecule has 1 atom stereocenters. The van der Waals surface area contributed by atoms with Gasteiger partial charge in [-0.3, -0.25) is 4.40 Å². The molecule has 0 fully saturated rings. The molecule has 9 nitrogen and oxygen atoms in total. The van der Waals surface area contributed by atoms with Gasteiger partial charge in [0.25, 0.3) is 0 Å². The van der Waals surface area contributed by atoms with Crippen LogP contribution < -0.4 is 5.32 Å². The summed E-state index contributed by atoms with van der Waals surface area (Å²) in [5.74, 6) is 0.156. The Bertz CT molecular complexity index is 1350. The van der Waals surface area contributed by atoms with E-state index in [2.05, 4.69) is 30.6 Å². The van der Waals surface area contributed by atoms with Crippen molar-refractivity contribution in [2.24, 2.45) is 0 Å². The molecule has 4 aromatic rings. The van der Waals surface area contributed by atoms with E-state index in [0.29, 0.717) is 22.0 Å². The summed E-state index contributed by atoms with van der Waals surface area (Å²) in [6, 6.07) is 4.11. The van der Waals surface area contributed by atoms with Gasteiger partial charge < -0.3 is 5.32 Å². The third-order valence-electron chi connectivity index (χ3n) is 4.54. The van der Waals surface area contributed by atoms with Crippen LogP contribution in [0.3, 0.4) is 0 Å². The van der Waals surface area contributed by atoms with E-state index in [4.69, 9.17) is 5.26 Å². The summed E-state index contributed by atoms with van der Waals surface area (Å²) in [5, 5.41) is 22.6. The lowest BCUT2D eigenvalue weighted by molar-refractivity contribution is -0.142. The monoisotopic (exact) mass is 467 g/mol. The predicted octanol–water partition coefficient (Wildman–Crippen LogP) is 3.79. The van der Waals surface area contributed by atoms with Crippen LogP contribution in [0, 0.1) is 11.3 Å². The molecule has 0 aliphatic heterocycles. The van der Waals surface area contributed by atoms with Crippen LogP contribution in [-0.4, -0.2) is 34.3 Å². The van der Waals surface area contributed by atoms with E-state index in [1.54, 1.807) is 6.92 Å². The van der Waals surface area contributed by atoms with E-state index in [-0.39, 0.29) is 17.8 Å². The Balaban J connectivity index is 1.73. The maximum atomic E-state index is 13.4. The van der Waals surface area contributed by atoms with Crippen molar-refractivity contribution in [1.82, 2.24) is 34.3 Å². The second-order valence-corrected chi connectivity index (χ2v) is 6.77. The lowest BCUT2D eigenvalue weighted by Gasteiger charge is -2.16. The van der Waals surface area contributed by atoms with Gasteiger partial charge in [0, 0.05) is 12.4 Å². The summed E-state index contributed by atoms with van der Waals surface area (Å²) < 4.78 is 81.6. The van der Waals surface area contributed by atoms with Gasteiger partial charge in [0.2, 0.25) is 5.95 Å². The fraction of sp³-hybridized carbons (Fsp3) is 0.222. The van der Waals surface area contributed by atoms with Crippen molar-refractivity contribution in [2.75, 3.05) is 5.32 Å². The summed E-state index contributed by atoms with van der Waals surface area (Å²) in [6.45, 7) is 1.55. The number of alkyl halides is 6. The summed E-state index contributed by atoms with van der Waals surface area (Å²) >= 11 is 0. The first-order valence-electron chi connectivity index (χ1n) is 9.05. The zero-order valence-corrected chi connectivity index (χ0v) is 16.4. The molecular formula is C18H11F6N9. The van der Waals surface area contributed by atoms with E-state index in [9.17, 15) is 26.3 Å². The van der Waals surface area contributed by atoms with Crippen molar-refractivity contribution in [1.29, 1.82) is 5.26 Å². The van der Waals surface area contributed by atoms with Crippen LogP contribution in [0.15, 0.2) is 36.9 Å². The number of hydrogen-bond acceptors (Lipinski definition) is 7. The van der Waals surface area contributed by atoms with Crippen LogP contribution in [0.25, 0.3) is 11.5 Å². The van der Waals surface area contributed by atoms with E-state index < -0.39 is 35.2 Å². The molecule has 1 N–H and O–H groups in total. The Morgan fingerprint density at radius 3 is 2.42 bits per heavy atom. The molecule has 33 heavy (non-hydrogen) atoms. The molecule has 15 heteroatoms. The average Bonchev–Trinajstić information content (AvgIpc) is 3.39. The van der Waals surface area contributed by atoms with E-state index >= 15 is 0 Å². The Kier molecular flexibility index (Phi) is 5.15. The highest BCUT2D eigenvalue weighted by molar-refractivity contribution is 5.55. The Morgan fingerprint density at radius 2 is 1.82 bits per heavy atom. The number of halogens is 6. The molecule has 0 amide bonds. The molecule has 0 bridgehead atoms. The number of pyridine rings is 2. The summed E-state index contributed by atoms with van der Waals surface area (Å²) in [5.41, 5.74) is -3.57. The number of nitriles is 1. The van der Waals surface area contributed by atoms with Gasteiger partial charge in [-0.25, -0.2) is 9.97 Å². The third-order valence-corrected chi connectivity index (χ3v) is 4.54. The molecule has 0 aliphatic carbocycles. The number of fused-ring (bicyclic) bond motifs is 1. The van der Waals surface area contributed by atoms with Crippen LogP contribution in [0.1, 0.15) is 35.5 Å². The summed E-state index contributed by atoms with van der Waals surface area (Å²) in [7, 11) is 0. The average molecular weight is 467 g/mol. The molecule has 0 spiro atoms. The van der Waals surface area contributed by atoms with Crippen LogP contribution in [-0.2, 0) is 12.4 Å². The van der Waals surface area contributed by atoms with Crippen LogP contribution >= 0.6 is 0 Å². The topological polar surface area (TPSA) is 110 Å². The second kappa shape index (κ2) is 7.73. The van der Waals surface area contributed by atoms with Crippen LogP contribution in [0.2, 0.25) is 0 Å². The molecule has 0 saturated carbocycles. The van der Waals surface area contributed by atoms with Gasteiger partial charge in [-0.2, -0.15) is 41.4 Å². The highest BCUT2D eigenvalue weighted by Crippen LogP contribution is 2.38. The predicted molar refractivity (Wildman–Crippen MR) is 98.9 cm³/mol. The second-order valence-electron chi connectivity index (χ2n) is 6.77. The van der Waals surface area contributed by atoms with Crippen molar-refractivity contribution >= 4 is 11.6 Å². The fourth-order valence-electron chi connectivity index (χ4n) is 3.01. The largest absolute Gasteiger partial charge is 0.420 e. The maximum Gasteiger partial charge on any atom is 0.420 e. The van der Waals surface area contributed by atoms with Gasteiger partial charge in [-0.1, -0.05) is 0 Å². The quantitative estimate of drug-likeness (QED) is 0.455. The Morgan fingerprint density at radius 1 is 1.06 bits per heavy atom. The van der Waals surface area contributed by atoms with Gasteiger partial charge >= 0.3 is 12.4 Å². The maximum absolute atomic E-state index is 13.4.